The second kappa shape index (κ2) is 4.17. The van der Waals surface area contributed by atoms with Crippen molar-refractivity contribution in [2.24, 2.45) is 21.9 Å². The molecule has 1 aromatic rings. The first-order valence-electron chi connectivity index (χ1n) is 5.64. The molecule has 94 valence electrons. The molecule has 3 rings (SSSR count). The maximum Gasteiger partial charge on any atom is 0.231 e. The first-order valence-corrected chi connectivity index (χ1v) is 6.02. The first kappa shape index (κ1) is 11.3. The van der Waals surface area contributed by atoms with Gasteiger partial charge in [0.2, 0.25) is 6.79 Å². The number of ether oxygens (including phenoxy) is 2. The highest BCUT2D eigenvalue weighted by Gasteiger charge is 2.24. The van der Waals surface area contributed by atoms with Crippen LogP contribution in [0.1, 0.15) is 18.9 Å². The van der Waals surface area contributed by atoms with Gasteiger partial charge < -0.3 is 15.2 Å². The Kier molecular flexibility index (Phi) is 2.63. The maximum absolute atomic E-state index is 6.15. The topological polar surface area (TPSA) is 69.2 Å². The molecule has 0 aliphatic carbocycles. The zero-order chi connectivity index (χ0) is 12.7. The molecule has 1 atom stereocenters. The van der Waals surface area contributed by atoms with Gasteiger partial charge in [-0.1, -0.05) is 18.5 Å². The molecule has 5 nitrogen and oxygen atoms in total. The van der Waals surface area contributed by atoms with Crippen molar-refractivity contribution in [3.63, 3.8) is 0 Å². The number of hydrogen-bond acceptors (Lipinski definition) is 5. The lowest BCUT2D eigenvalue weighted by Gasteiger charge is -2.17. The van der Waals surface area contributed by atoms with Crippen molar-refractivity contribution in [1.29, 1.82) is 0 Å². The zero-order valence-corrected chi connectivity index (χ0v) is 10.6. The van der Waals surface area contributed by atoms with Gasteiger partial charge in [0.25, 0.3) is 0 Å². The number of amidine groups is 1. The van der Waals surface area contributed by atoms with Crippen LogP contribution < -0.4 is 15.2 Å². The Labute approximate surface area is 109 Å². The minimum atomic E-state index is 0.200. The smallest absolute Gasteiger partial charge is 0.231 e. The Balaban J connectivity index is 2.05. The van der Waals surface area contributed by atoms with Crippen LogP contribution in [-0.4, -0.2) is 18.3 Å². The van der Waals surface area contributed by atoms with E-state index in [1.165, 1.54) is 0 Å². The molecule has 1 unspecified atom stereocenters. The Bertz CT molecular complexity index is 569. The third-order valence-corrected chi connectivity index (χ3v) is 3.27. The lowest BCUT2D eigenvalue weighted by atomic mass is 9.94. The van der Waals surface area contributed by atoms with E-state index < -0.39 is 0 Å². The molecule has 0 saturated heterocycles. The molecule has 1 aromatic carbocycles. The highest BCUT2D eigenvalue weighted by atomic mass is 35.5. The van der Waals surface area contributed by atoms with Crippen LogP contribution in [-0.2, 0) is 0 Å². The van der Waals surface area contributed by atoms with Crippen LogP contribution in [0.25, 0.3) is 0 Å². The minimum absolute atomic E-state index is 0.200. The largest absolute Gasteiger partial charge is 0.454 e. The van der Waals surface area contributed by atoms with Gasteiger partial charge in [0.1, 0.15) is 5.84 Å². The summed E-state index contributed by atoms with van der Waals surface area (Å²) in [5.41, 5.74) is 7.42. The zero-order valence-electron chi connectivity index (χ0n) is 9.81. The highest BCUT2D eigenvalue weighted by Crippen LogP contribution is 2.40. The summed E-state index contributed by atoms with van der Waals surface area (Å²) in [5, 5.41) is 8.61. The van der Waals surface area contributed by atoms with Crippen LogP contribution in [0.4, 0.5) is 0 Å². The lowest BCUT2D eigenvalue weighted by molar-refractivity contribution is 0.174. The SMILES string of the molecule is CC1CC(N)=NN=C1c1cc(Cl)c2c(c1)OCO2. The molecule has 0 spiro atoms. The molecule has 2 heterocycles. The Hall–Kier alpha value is -1.75. The van der Waals surface area contributed by atoms with Crippen LogP contribution in [0, 0.1) is 5.92 Å². The molecule has 6 heteroatoms. The van der Waals surface area contributed by atoms with Crippen LogP contribution in [0.2, 0.25) is 5.02 Å². The van der Waals surface area contributed by atoms with E-state index in [9.17, 15) is 0 Å². The van der Waals surface area contributed by atoms with Crippen molar-refractivity contribution in [2.45, 2.75) is 13.3 Å². The molecule has 2 aliphatic heterocycles. The quantitative estimate of drug-likeness (QED) is 0.846. The van der Waals surface area contributed by atoms with E-state index >= 15 is 0 Å². The summed E-state index contributed by atoms with van der Waals surface area (Å²) in [6, 6.07) is 3.70. The molecule has 0 radical (unpaired) electrons. The summed E-state index contributed by atoms with van der Waals surface area (Å²) >= 11 is 6.15. The summed E-state index contributed by atoms with van der Waals surface area (Å²) in [4.78, 5) is 0. The van der Waals surface area contributed by atoms with Gasteiger partial charge in [0.05, 0.1) is 10.7 Å². The van der Waals surface area contributed by atoms with Gasteiger partial charge in [-0.15, -0.1) is 5.10 Å². The minimum Gasteiger partial charge on any atom is -0.454 e. The monoisotopic (exact) mass is 265 g/mol. The van der Waals surface area contributed by atoms with Crippen molar-refractivity contribution in [2.75, 3.05) is 6.79 Å². The Morgan fingerprint density at radius 2 is 2.17 bits per heavy atom. The number of benzene rings is 1. The van der Waals surface area contributed by atoms with Gasteiger partial charge in [-0.2, -0.15) is 5.10 Å². The highest BCUT2D eigenvalue weighted by molar-refractivity contribution is 6.33. The number of nitrogens with zero attached hydrogens (tertiary/aromatic N) is 2. The predicted octanol–water partition coefficient (Wildman–Crippen LogP) is 2.17. The van der Waals surface area contributed by atoms with E-state index in [0.717, 1.165) is 11.3 Å². The molecule has 2 aliphatic rings. The van der Waals surface area contributed by atoms with Crippen LogP contribution in [0.5, 0.6) is 11.5 Å². The number of halogens is 1. The first-order chi connectivity index (χ1) is 8.65. The molecule has 2 N–H and O–H groups in total. The summed E-state index contributed by atoms with van der Waals surface area (Å²) in [6.07, 6.45) is 0.699. The molecule has 0 aromatic heterocycles. The van der Waals surface area contributed by atoms with Crippen molar-refractivity contribution < 1.29 is 9.47 Å². The van der Waals surface area contributed by atoms with Gasteiger partial charge in [0, 0.05) is 17.9 Å². The van der Waals surface area contributed by atoms with Gasteiger partial charge >= 0.3 is 0 Å². The van der Waals surface area contributed by atoms with Gasteiger partial charge in [-0.3, -0.25) is 0 Å². The van der Waals surface area contributed by atoms with Gasteiger partial charge in [-0.05, 0) is 12.1 Å². The average Bonchev–Trinajstić information content (AvgIpc) is 2.77. The number of rotatable bonds is 1. The number of nitrogens with two attached hydrogens (primary N) is 1. The fourth-order valence-corrected chi connectivity index (χ4v) is 2.39. The van der Waals surface area contributed by atoms with E-state index in [1.807, 2.05) is 12.1 Å². The van der Waals surface area contributed by atoms with E-state index in [0.29, 0.717) is 28.8 Å². The standard InChI is InChI=1S/C12H12ClN3O2/c1-6-2-10(14)15-16-11(6)7-3-8(13)12-9(4-7)17-5-18-12/h3-4,6H,2,5H2,1H3,(H2,14,15). The van der Waals surface area contributed by atoms with E-state index in [1.54, 1.807) is 0 Å². The summed E-state index contributed by atoms with van der Waals surface area (Å²) < 4.78 is 10.6. The molecular weight excluding hydrogens is 254 g/mol. The number of hydrogen-bond donors (Lipinski definition) is 1. The van der Waals surface area contributed by atoms with Crippen molar-refractivity contribution in [3.05, 3.63) is 22.7 Å². The normalized spacial score (nSPS) is 21.6. The molecule has 0 amide bonds. The molecular formula is C12H12ClN3O2. The summed E-state index contributed by atoms with van der Waals surface area (Å²) in [7, 11) is 0. The van der Waals surface area contributed by atoms with Gasteiger partial charge in [0.15, 0.2) is 11.5 Å². The summed E-state index contributed by atoms with van der Waals surface area (Å²) in [6.45, 7) is 2.25. The Morgan fingerprint density at radius 1 is 1.33 bits per heavy atom. The van der Waals surface area contributed by atoms with E-state index in [2.05, 4.69) is 17.1 Å². The van der Waals surface area contributed by atoms with Crippen LogP contribution in [0.3, 0.4) is 0 Å². The molecule has 18 heavy (non-hydrogen) atoms. The number of fused-ring (bicyclic) bond motifs is 1. The Morgan fingerprint density at radius 3 is 2.94 bits per heavy atom. The lowest BCUT2D eigenvalue weighted by Crippen LogP contribution is -2.25. The molecule has 0 bridgehead atoms. The second-order valence-corrected chi connectivity index (χ2v) is 4.78. The fourth-order valence-electron chi connectivity index (χ4n) is 2.13. The van der Waals surface area contributed by atoms with Gasteiger partial charge in [-0.25, -0.2) is 0 Å². The summed E-state index contributed by atoms with van der Waals surface area (Å²) in [5.74, 6) is 2.00. The predicted molar refractivity (Wildman–Crippen MR) is 69.5 cm³/mol. The van der Waals surface area contributed by atoms with Crippen LogP contribution in [0.15, 0.2) is 22.3 Å². The fraction of sp³-hybridized carbons (Fsp3) is 0.333. The molecule has 0 fully saturated rings. The average molecular weight is 266 g/mol. The molecule has 0 saturated carbocycles. The van der Waals surface area contributed by atoms with Crippen molar-refractivity contribution in [1.82, 2.24) is 0 Å². The second-order valence-electron chi connectivity index (χ2n) is 4.37. The van der Waals surface area contributed by atoms with Crippen molar-refractivity contribution in [3.8, 4) is 11.5 Å². The third kappa shape index (κ3) is 1.80. The van der Waals surface area contributed by atoms with Crippen molar-refractivity contribution >= 4 is 23.1 Å². The third-order valence-electron chi connectivity index (χ3n) is 2.99. The van der Waals surface area contributed by atoms with Crippen LogP contribution >= 0.6 is 11.6 Å². The van der Waals surface area contributed by atoms with E-state index in [4.69, 9.17) is 26.8 Å². The maximum atomic E-state index is 6.15. The van der Waals surface area contributed by atoms with E-state index in [-0.39, 0.29) is 12.7 Å².